The lowest BCUT2D eigenvalue weighted by Gasteiger charge is -2.16. The van der Waals surface area contributed by atoms with Crippen LogP contribution in [0.2, 0.25) is 0 Å². The fourth-order valence-electron chi connectivity index (χ4n) is 2.52. The maximum atomic E-state index is 11.9. The third kappa shape index (κ3) is 4.01. The van der Waals surface area contributed by atoms with Gasteiger partial charge in [0.1, 0.15) is 5.76 Å². The topological polar surface area (TPSA) is 93.4 Å². The molecule has 2 aromatic rings. The van der Waals surface area contributed by atoms with Crippen LogP contribution < -0.4 is 15.0 Å². The van der Waals surface area contributed by atoms with E-state index in [9.17, 15) is 4.79 Å². The van der Waals surface area contributed by atoms with Gasteiger partial charge in [-0.25, -0.2) is 4.98 Å². The summed E-state index contributed by atoms with van der Waals surface area (Å²) < 4.78 is 10.4. The standard InChI is InChI=1S/C16H21N5O3/c1-3-12-9-15(19-16(17-12)21-6-4-5-7-21)23-10-14(22)18-13-8-11(2)24-20-13/h8-9H,3-7,10H2,1-2H3,(H,18,20,22). The van der Waals surface area contributed by atoms with Crippen LogP contribution in [-0.4, -0.2) is 40.7 Å². The van der Waals surface area contributed by atoms with E-state index in [-0.39, 0.29) is 12.5 Å². The Labute approximate surface area is 140 Å². The first kappa shape index (κ1) is 16.2. The molecule has 8 nitrogen and oxygen atoms in total. The van der Waals surface area contributed by atoms with Gasteiger partial charge in [0.15, 0.2) is 12.4 Å². The number of aryl methyl sites for hydroxylation is 2. The lowest BCUT2D eigenvalue weighted by atomic mass is 10.3. The third-order valence-electron chi connectivity index (χ3n) is 3.74. The smallest absolute Gasteiger partial charge is 0.263 e. The van der Waals surface area contributed by atoms with E-state index in [1.807, 2.05) is 6.92 Å². The van der Waals surface area contributed by atoms with Crippen molar-refractivity contribution in [2.75, 3.05) is 29.9 Å². The van der Waals surface area contributed by atoms with Crippen molar-refractivity contribution in [1.29, 1.82) is 0 Å². The first-order valence-electron chi connectivity index (χ1n) is 8.13. The molecule has 1 N–H and O–H groups in total. The van der Waals surface area contributed by atoms with Crippen molar-refractivity contribution in [2.45, 2.75) is 33.1 Å². The Hall–Kier alpha value is -2.64. The highest BCUT2D eigenvalue weighted by atomic mass is 16.5. The van der Waals surface area contributed by atoms with Crippen LogP contribution in [0.1, 0.15) is 31.2 Å². The summed E-state index contributed by atoms with van der Waals surface area (Å²) in [7, 11) is 0. The maximum absolute atomic E-state index is 11.9. The van der Waals surface area contributed by atoms with E-state index in [0.717, 1.165) is 38.0 Å². The fraction of sp³-hybridized carbons (Fsp3) is 0.500. The SMILES string of the molecule is CCc1cc(OCC(=O)Nc2cc(C)on2)nc(N2CCCC2)n1. The van der Waals surface area contributed by atoms with Crippen LogP contribution in [0, 0.1) is 6.92 Å². The van der Waals surface area contributed by atoms with Gasteiger partial charge >= 0.3 is 0 Å². The molecule has 128 valence electrons. The summed E-state index contributed by atoms with van der Waals surface area (Å²) in [5.41, 5.74) is 0.898. The Morgan fingerprint density at radius 2 is 2.12 bits per heavy atom. The molecule has 1 saturated heterocycles. The van der Waals surface area contributed by atoms with Crippen LogP contribution in [0.3, 0.4) is 0 Å². The van der Waals surface area contributed by atoms with E-state index in [4.69, 9.17) is 9.26 Å². The summed E-state index contributed by atoms with van der Waals surface area (Å²) in [6, 6.07) is 3.41. The molecule has 3 rings (SSSR count). The zero-order chi connectivity index (χ0) is 16.9. The average molecular weight is 331 g/mol. The number of hydrogen-bond donors (Lipinski definition) is 1. The number of rotatable bonds is 6. The van der Waals surface area contributed by atoms with Gasteiger partial charge in [0.05, 0.1) is 0 Å². The molecule has 1 amide bonds. The highest BCUT2D eigenvalue weighted by molar-refractivity contribution is 5.90. The molecule has 2 aromatic heterocycles. The zero-order valence-corrected chi connectivity index (χ0v) is 13.9. The van der Waals surface area contributed by atoms with Crippen molar-refractivity contribution in [3.8, 4) is 5.88 Å². The van der Waals surface area contributed by atoms with Crippen LogP contribution in [-0.2, 0) is 11.2 Å². The van der Waals surface area contributed by atoms with E-state index < -0.39 is 0 Å². The fourth-order valence-corrected chi connectivity index (χ4v) is 2.52. The minimum Gasteiger partial charge on any atom is -0.467 e. The van der Waals surface area contributed by atoms with Gasteiger partial charge in [0.25, 0.3) is 5.91 Å². The summed E-state index contributed by atoms with van der Waals surface area (Å²) in [6.45, 7) is 5.55. The summed E-state index contributed by atoms with van der Waals surface area (Å²) in [5.74, 6) is 1.77. The van der Waals surface area contributed by atoms with E-state index in [1.165, 1.54) is 0 Å². The molecule has 0 aromatic carbocycles. The normalized spacial score (nSPS) is 14.0. The molecule has 8 heteroatoms. The van der Waals surface area contributed by atoms with Crippen LogP contribution >= 0.6 is 0 Å². The summed E-state index contributed by atoms with van der Waals surface area (Å²) in [4.78, 5) is 23.0. The van der Waals surface area contributed by atoms with E-state index in [1.54, 1.807) is 19.1 Å². The number of carbonyl (C=O) groups excluding carboxylic acids is 1. The lowest BCUT2D eigenvalue weighted by Crippen LogP contribution is -2.23. The van der Waals surface area contributed by atoms with Crippen LogP contribution in [0.5, 0.6) is 5.88 Å². The second kappa shape index (κ2) is 7.29. The molecule has 1 aliphatic heterocycles. The molecule has 1 fully saturated rings. The number of ether oxygens (including phenoxy) is 1. The second-order valence-electron chi connectivity index (χ2n) is 5.70. The maximum Gasteiger partial charge on any atom is 0.263 e. The zero-order valence-electron chi connectivity index (χ0n) is 13.9. The van der Waals surface area contributed by atoms with Crippen LogP contribution in [0.25, 0.3) is 0 Å². The number of hydrogen-bond acceptors (Lipinski definition) is 7. The Bertz CT molecular complexity index is 709. The number of amides is 1. The molecule has 0 aliphatic carbocycles. The predicted octanol–water partition coefficient (Wildman–Crippen LogP) is 1.95. The predicted molar refractivity (Wildman–Crippen MR) is 88.2 cm³/mol. The minimum absolute atomic E-state index is 0.147. The minimum atomic E-state index is -0.317. The van der Waals surface area contributed by atoms with Crippen molar-refractivity contribution in [3.63, 3.8) is 0 Å². The number of anilines is 2. The monoisotopic (exact) mass is 331 g/mol. The molecule has 0 unspecified atom stereocenters. The van der Waals surface area contributed by atoms with Crippen LogP contribution in [0.15, 0.2) is 16.7 Å². The van der Waals surface area contributed by atoms with Gasteiger partial charge < -0.3 is 19.5 Å². The molecule has 24 heavy (non-hydrogen) atoms. The van der Waals surface area contributed by atoms with Crippen LogP contribution in [0.4, 0.5) is 11.8 Å². The van der Waals surface area contributed by atoms with Gasteiger partial charge in [0.2, 0.25) is 11.8 Å². The van der Waals surface area contributed by atoms with Gasteiger partial charge in [-0.2, -0.15) is 4.98 Å². The molecule has 0 atom stereocenters. The van der Waals surface area contributed by atoms with Crippen molar-refractivity contribution in [1.82, 2.24) is 15.1 Å². The molecule has 1 aliphatic rings. The Morgan fingerprint density at radius 3 is 2.79 bits per heavy atom. The third-order valence-corrected chi connectivity index (χ3v) is 3.74. The molecular formula is C16H21N5O3. The van der Waals surface area contributed by atoms with Crippen molar-refractivity contribution in [3.05, 3.63) is 23.6 Å². The molecule has 3 heterocycles. The van der Waals surface area contributed by atoms with Gasteiger partial charge in [-0.15, -0.1) is 0 Å². The highest BCUT2D eigenvalue weighted by Gasteiger charge is 2.17. The van der Waals surface area contributed by atoms with Crippen molar-refractivity contribution in [2.24, 2.45) is 0 Å². The molecule has 0 saturated carbocycles. The summed E-state index contributed by atoms with van der Waals surface area (Å²) >= 11 is 0. The Kier molecular flexibility index (Phi) is 4.93. The van der Waals surface area contributed by atoms with Crippen molar-refractivity contribution < 1.29 is 14.1 Å². The van der Waals surface area contributed by atoms with E-state index in [0.29, 0.717) is 23.4 Å². The number of carbonyl (C=O) groups is 1. The number of nitrogens with one attached hydrogen (secondary N) is 1. The van der Waals surface area contributed by atoms with E-state index >= 15 is 0 Å². The summed E-state index contributed by atoms with van der Waals surface area (Å²) in [5, 5.41) is 6.32. The molecular weight excluding hydrogens is 310 g/mol. The highest BCUT2D eigenvalue weighted by Crippen LogP contribution is 2.20. The second-order valence-corrected chi connectivity index (χ2v) is 5.70. The lowest BCUT2D eigenvalue weighted by molar-refractivity contribution is -0.118. The first-order valence-corrected chi connectivity index (χ1v) is 8.13. The molecule has 0 bridgehead atoms. The largest absolute Gasteiger partial charge is 0.467 e. The van der Waals surface area contributed by atoms with Crippen molar-refractivity contribution >= 4 is 17.7 Å². The quantitative estimate of drug-likeness (QED) is 0.864. The molecule has 0 spiro atoms. The van der Waals surface area contributed by atoms with Gasteiger partial charge in [0, 0.05) is 30.9 Å². The van der Waals surface area contributed by atoms with Gasteiger partial charge in [-0.05, 0) is 26.2 Å². The summed E-state index contributed by atoms with van der Waals surface area (Å²) in [6.07, 6.45) is 3.08. The molecule has 0 radical (unpaired) electrons. The first-order chi connectivity index (χ1) is 11.6. The van der Waals surface area contributed by atoms with Gasteiger partial charge in [-0.3, -0.25) is 4.79 Å². The number of nitrogens with zero attached hydrogens (tertiary/aromatic N) is 4. The Morgan fingerprint density at radius 1 is 1.33 bits per heavy atom. The average Bonchev–Trinajstić information content (AvgIpc) is 3.24. The van der Waals surface area contributed by atoms with Gasteiger partial charge in [-0.1, -0.05) is 12.1 Å². The number of aromatic nitrogens is 3. The Balaban J connectivity index is 1.63. The van der Waals surface area contributed by atoms with E-state index in [2.05, 4.69) is 25.3 Å².